The number of hydrazine groups is 1. The summed E-state index contributed by atoms with van der Waals surface area (Å²) in [5.74, 6) is 1.61. The lowest BCUT2D eigenvalue weighted by Crippen LogP contribution is -2.35. The molecule has 0 saturated carbocycles. The minimum absolute atomic E-state index is 0.646. The summed E-state index contributed by atoms with van der Waals surface area (Å²) in [7, 11) is 0. The number of nitrogens with one attached hydrogen (secondary N) is 1. The van der Waals surface area contributed by atoms with Crippen molar-refractivity contribution in [2.24, 2.45) is 4.99 Å². The van der Waals surface area contributed by atoms with Gasteiger partial charge in [-0.15, -0.1) is 0 Å². The highest BCUT2D eigenvalue weighted by molar-refractivity contribution is 5.80. The number of aliphatic imine (C=N–C) groups is 1. The molecule has 1 aromatic carbocycles. The third-order valence-electron chi connectivity index (χ3n) is 2.76. The molecule has 0 unspecified atom stereocenters. The Bertz CT molecular complexity index is 612. The van der Waals surface area contributed by atoms with Gasteiger partial charge in [0, 0.05) is 12.3 Å². The molecule has 0 atom stereocenters. The van der Waals surface area contributed by atoms with Gasteiger partial charge in [-0.3, -0.25) is 5.43 Å². The molecule has 0 fully saturated rings. The van der Waals surface area contributed by atoms with Crippen LogP contribution in [0.25, 0.3) is 0 Å². The summed E-state index contributed by atoms with van der Waals surface area (Å²) in [5, 5.41) is 1.88. The van der Waals surface area contributed by atoms with Crippen LogP contribution in [-0.2, 0) is 0 Å². The Morgan fingerprint density at radius 3 is 3.11 bits per heavy atom. The van der Waals surface area contributed by atoms with Crippen LogP contribution in [0.3, 0.4) is 0 Å². The Morgan fingerprint density at radius 2 is 2.21 bits per heavy atom. The number of hydrogen-bond donors (Lipinski definition) is 1. The Kier molecular flexibility index (Phi) is 3.02. The van der Waals surface area contributed by atoms with Crippen molar-refractivity contribution in [2.75, 3.05) is 11.6 Å². The SMILES string of the molecule is CCOc1cccc(N2NC=Nc3cccnc32)c1. The fourth-order valence-electron chi connectivity index (χ4n) is 1.95. The Labute approximate surface area is 111 Å². The Balaban J connectivity index is 1.99. The standard InChI is InChI=1S/C14H14N4O/c1-2-19-12-6-3-5-11(9-12)18-14-13(16-10-17-18)7-4-8-15-14/h3-10H,2H2,1H3,(H,16,17). The van der Waals surface area contributed by atoms with Crippen LogP contribution < -0.4 is 15.2 Å². The third-order valence-corrected chi connectivity index (χ3v) is 2.76. The predicted molar refractivity (Wildman–Crippen MR) is 75.3 cm³/mol. The summed E-state index contributed by atoms with van der Waals surface area (Å²) >= 11 is 0. The minimum Gasteiger partial charge on any atom is -0.494 e. The van der Waals surface area contributed by atoms with Gasteiger partial charge in [0.2, 0.25) is 0 Å². The lowest BCUT2D eigenvalue weighted by molar-refractivity contribution is 0.340. The topological polar surface area (TPSA) is 49.8 Å². The van der Waals surface area contributed by atoms with E-state index in [0.29, 0.717) is 6.61 Å². The van der Waals surface area contributed by atoms with E-state index in [1.165, 1.54) is 0 Å². The van der Waals surface area contributed by atoms with Crippen molar-refractivity contribution in [3.8, 4) is 5.75 Å². The number of anilines is 2. The fourth-order valence-corrected chi connectivity index (χ4v) is 1.95. The van der Waals surface area contributed by atoms with Gasteiger partial charge in [-0.25, -0.2) is 15.0 Å². The summed E-state index contributed by atoms with van der Waals surface area (Å²) in [6.45, 7) is 2.61. The zero-order valence-electron chi connectivity index (χ0n) is 10.6. The molecule has 0 amide bonds. The van der Waals surface area contributed by atoms with Crippen molar-refractivity contribution in [3.63, 3.8) is 0 Å². The fraction of sp³-hybridized carbons (Fsp3) is 0.143. The molecule has 19 heavy (non-hydrogen) atoms. The summed E-state index contributed by atoms with van der Waals surface area (Å²) in [6, 6.07) is 11.7. The smallest absolute Gasteiger partial charge is 0.178 e. The Morgan fingerprint density at radius 1 is 1.26 bits per heavy atom. The van der Waals surface area contributed by atoms with Crippen molar-refractivity contribution in [1.82, 2.24) is 10.4 Å². The van der Waals surface area contributed by atoms with Gasteiger partial charge in [0.1, 0.15) is 17.8 Å². The lowest BCUT2D eigenvalue weighted by Gasteiger charge is -2.27. The van der Waals surface area contributed by atoms with Crippen LogP contribution in [0.4, 0.5) is 17.2 Å². The van der Waals surface area contributed by atoms with Crippen LogP contribution in [-0.4, -0.2) is 17.9 Å². The molecule has 1 N–H and O–H groups in total. The number of nitrogens with zero attached hydrogens (tertiary/aromatic N) is 3. The van der Waals surface area contributed by atoms with Gasteiger partial charge in [-0.1, -0.05) is 6.07 Å². The second-order valence-corrected chi connectivity index (χ2v) is 4.00. The molecule has 0 radical (unpaired) electrons. The van der Waals surface area contributed by atoms with E-state index < -0.39 is 0 Å². The number of rotatable bonds is 3. The van der Waals surface area contributed by atoms with Gasteiger partial charge >= 0.3 is 0 Å². The van der Waals surface area contributed by atoms with Gasteiger partial charge in [0.15, 0.2) is 5.82 Å². The average Bonchev–Trinajstić information content (AvgIpc) is 2.47. The molecule has 0 aliphatic carbocycles. The second-order valence-electron chi connectivity index (χ2n) is 4.00. The maximum Gasteiger partial charge on any atom is 0.178 e. The molecule has 1 aliphatic heterocycles. The molecule has 2 aromatic rings. The third kappa shape index (κ3) is 2.22. The monoisotopic (exact) mass is 254 g/mol. The zero-order chi connectivity index (χ0) is 13.1. The highest BCUT2D eigenvalue weighted by atomic mass is 16.5. The van der Waals surface area contributed by atoms with Crippen LogP contribution in [0.15, 0.2) is 47.6 Å². The molecule has 96 valence electrons. The van der Waals surface area contributed by atoms with Crippen molar-refractivity contribution in [3.05, 3.63) is 42.6 Å². The van der Waals surface area contributed by atoms with Gasteiger partial charge in [-0.2, -0.15) is 0 Å². The number of ether oxygens (including phenoxy) is 1. The van der Waals surface area contributed by atoms with E-state index in [4.69, 9.17) is 4.74 Å². The first kappa shape index (κ1) is 11.5. The first-order valence-electron chi connectivity index (χ1n) is 6.15. The molecule has 0 spiro atoms. The summed E-state index contributed by atoms with van der Waals surface area (Å²) in [6.07, 6.45) is 3.40. The van der Waals surface area contributed by atoms with Crippen LogP contribution in [0.1, 0.15) is 6.92 Å². The second kappa shape index (κ2) is 4.97. The van der Waals surface area contributed by atoms with E-state index in [1.807, 2.05) is 48.3 Å². The van der Waals surface area contributed by atoms with Crippen molar-refractivity contribution in [2.45, 2.75) is 6.92 Å². The van der Waals surface area contributed by atoms with E-state index in [9.17, 15) is 0 Å². The molecule has 1 aliphatic rings. The molecule has 0 bridgehead atoms. The van der Waals surface area contributed by atoms with Gasteiger partial charge in [0.25, 0.3) is 0 Å². The zero-order valence-corrected chi connectivity index (χ0v) is 10.6. The maximum absolute atomic E-state index is 5.52. The summed E-state index contributed by atoms with van der Waals surface area (Å²) < 4.78 is 5.52. The summed E-state index contributed by atoms with van der Waals surface area (Å²) in [4.78, 5) is 8.62. The van der Waals surface area contributed by atoms with Crippen LogP contribution in [0, 0.1) is 0 Å². The molecule has 2 heterocycles. The van der Waals surface area contributed by atoms with Gasteiger partial charge in [0.05, 0.1) is 12.3 Å². The molecule has 3 rings (SSSR count). The van der Waals surface area contributed by atoms with Crippen molar-refractivity contribution >= 4 is 23.5 Å². The number of benzene rings is 1. The van der Waals surface area contributed by atoms with E-state index in [1.54, 1.807) is 12.5 Å². The summed E-state index contributed by atoms with van der Waals surface area (Å²) in [5.41, 5.74) is 4.88. The quantitative estimate of drug-likeness (QED) is 0.915. The van der Waals surface area contributed by atoms with E-state index in [-0.39, 0.29) is 0 Å². The maximum atomic E-state index is 5.52. The van der Waals surface area contributed by atoms with E-state index in [2.05, 4.69) is 15.4 Å². The van der Waals surface area contributed by atoms with Gasteiger partial charge in [-0.05, 0) is 31.2 Å². The predicted octanol–water partition coefficient (Wildman–Crippen LogP) is 2.80. The number of pyridine rings is 1. The molecule has 1 aromatic heterocycles. The highest BCUT2D eigenvalue weighted by Crippen LogP contribution is 2.33. The molecule has 0 saturated heterocycles. The van der Waals surface area contributed by atoms with Crippen LogP contribution in [0.2, 0.25) is 0 Å². The van der Waals surface area contributed by atoms with Crippen LogP contribution in [0.5, 0.6) is 5.75 Å². The largest absolute Gasteiger partial charge is 0.494 e. The lowest BCUT2D eigenvalue weighted by atomic mass is 10.2. The number of hydrogen-bond acceptors (Lipinski definition) is 5. The molecular formula is C14H14N4O. The first-order chi connectivity index (χ1) is 9.38. The van der Waals surface area contributed by atoms with E-state index in [0.717, 1.165) is 22.9 Å². The average molecular weight is 254 g/mol. The molecular weight excluding hydrogens is 240 g/mol. The molecule has 5 nitrogen and oxygen atoms in total. The number of aromatic nitrogens is 1. The van der Waals surface area contributed by atoms with Crippen molar-refractivity contribution in [1.29, 1.82) is 0 Å². The molecule has 5 heteroatoms. The van der Waals surface area contributed by atoms with Crippen molar-refractivity contribution < 1.29 is 4.74 Å². The van der Waals surface area contributed by atoms with E-state index >= 15 is 0 Å². The first-order valence-corrected chi connectivity index (χ1v) is 6.15. The number of fused-ring (bicyclic) bond motifs is 1. The minimum atomic E-state index is 0.646. The normalized spacial score (nSPS) is 12.8. The van der Waals surface area contributed by atoms with Gasteiger partial charge < -0.3 is 4.74 Å². The van der Waals surface area contributed by atoms with Crippen LogP contribution >= 0.6 is 0 Å². The highest BCUT2D eigenvalue weighted by Gasteiger charge is 2.17. The Hall–Kier alpha value is -2.56.